The van der Waals surface area contributed by atoms with Gasteiger partial charge in [-0.3, -0.25) is 14.4 Å². The Hall–Kier alpha value is -4.19. The number of carbonyl (C=O) groups is 3. The van der Waals surface area contributed by atoms with Crippen LogP contribution in [0.1, 0.15) is 278 Å². The van der Waals surface area contributed by atoms with E-state index in [1.165, 1.54) is 128 Å². The van der Waals surface area contributed by atoms with Crippen LogP contribution in [0.25, 0.3) is 0 Å². The molecule has 0 fully saturated rings. The van der Waals surface area contributed by atoms with Crippen LogP contribution in [0.5, 0.6) is 0 Å². The SMILES string of the molecule is CC/C=C\C/C=C\C/C=C\C/C=C\C/C=C\CCCC(=O)OC(COC(=O)CCCC/C=C\C/C=C\C/C=C\C/C=C\CC)COC(=O)CCCCCCCCCCCCCCC/C=C\CCCCCCCCCC. The fourth-order valence-corrected chi connectivity index (χ4v) is 8.35. The first-order chi connectivity index (χ1) is 37.0. The first-order valence-corrected chi connectivity index (χ1v) is 31.0. The van der Waals surface area contributed by atoms with Crippen molar-refractivity contribution in [2.24, 2.45) is 0 Å². The second-order valence-electron chi connectivity index (χ2n) is 20.2. The van der Waals surface area contributed by atoms with Crippen molar-refractivity contribution in [2.75, 3.05) is 13.2 Å². The van der Waals surface area contributed by atoms with Crippen LogP contribution in [0.3, 0.4) is 0 Å². The van der Waals surface area contributed by atoms with E-state index in [9.17, 15) is 14.4 Å². The maximum atomic E-state index is 12.9. The maximum absolute atomic E-state index is 12.9. The third-order valence-electron chi connectivity index (χ3n) is 12.9. The molecule has 6 nitrogen and oxygen atoms in total. The maximum Gasteiger partial charge on any atom is 0.306 e. The molecule has 0 saturated heterocycles. The van der Waals surface area contributed by atoms with Gasteiger partial charge in [0.05, 0.1) is 0 Å². The molecule has 0 radical (unpaired) electrons. The fraction of sp³-hybridized carbons (Fsp3) is 0.667. The largest absolute Gasteiger partial charge is 0.462 e. The van der Waals surface area contributed by atoms with Gasteiger partial charge in [-0.15, -0.1) is 0 Å². The minimum atomic E-state index is -0.829. The Morgan fingerprint density at radius 2 is 0.533 bits per heavy atom. The number of rotatable bonds is 55. The molecule has 0 N–H and O–H groups in total. The van der Waals surface area contributed by atoms with Crippen LogP contribution in [-0.4, -0.2) is 37.2 Å². The number of hydrogen-bond acceptors (Lipinski definition) is 6. The molecule has 6 heteroatoms. The Balaban J connectivity index is 4.42. The van der Waals surface area contributed by atoms with Gasteiger partial charge in [0.2, 0.25) is 0 Å². The summed E-state index contributed by atoms with van der Waals surface area (Å²) in [7, 11) is 0. The molecule has 426 valence electrons. The standard InChI is InChI=1S/C69H114O6/c1-4-7-10-13-16-19-22-25-28-30-31-32-33-34-35-36-37-39-41-44-47-50-53-56-59-62-68(71)74-65-66(64-73-67(70)61-58-55-52-49-46-43-40-27-24-21-18-15-12-9-6-3)75-69(72)63-60-57-54-51-48-45-42-38-29-26-23-20-17-14-11-8-5-2/h8-9,11-12,17-18,20-21,26-27,29-31,40,42,45-46,49,51,54,66H,4-7,10,13-16,19,22-25,28,32-39,41,43-44,47-48,50,52-53,55-65H2,1-3H3/b11-8-,12-9-,20-17-,21-18-,29-26-,31-30-,40-27-,45-42-,49-46-,54-51-. The van der Waals surface area contributed by atoms with Gasteiger partial charge >= 0.3 is 17.9 Å². The molecule has 75 heavy (non-hydrogen) atoms. The summed E-state index contributed by atoms with van der Waals surface area (Å²) in [5, 5.41) is 0. The highest BCUT2D eigenvalue weighted by Crippen LogP contribution is 2.15. The topological polar surface area (TPSA) is 78.9 Å². The van der Waals surface area contributed by atoms with Crippen LogP contribution in [0, 0.1) is 0 Å². The van der Waals surface area contributed by atoms with Crippen LogP contribution >= 0.6 is 0 Å². The lowest BCUT2D eigenvalue weighted by Gasteiger charge is -2.18. The average Bonchev–Trinajstić information content (AvgIpc) is 3.41. The van der Waals surface area contributed by atoms with E-state index >= 15 is 0 Å². The normalized spacial score (nSPS) is 12.9. The lowest BCUT2D eigenvalue weighted by Crippen LogP contribution is -2.30. The second kappa shape index (κ2) is 62.4. The summed E-state index contributed by atoms with van der Waals surface area (Å²) in [5.74, 6) is -1.02. The summed E-state index contributed by atoms with van der Waals surface area (Å²) >= 11 is 0. The van der Waals surface area contributed by atoms with Crippen molar-refractivity contribution in [3.05, 3.63) is 122 Å². The van der Waals surface area contributed by atoms with E-state index in [-0.39, 0.29) is 37.5 Å². The predicted molar refractivity (Wildman–Crippen MR) is 325 cm³/mol. The van der Waals surface area contributed by atoms with Gasteiger partial charge in [0.1, 0.15) is 13.2 Å². The van der Waals surface area contributed by atoms with E-state index in [1.807, 2.05) is 0 Å². The molecular weight excluding hydrogens is 925 g/mol. The van der Waals surface area contributed by atoms with Gasteiger partial charge in [0.25, 0.3) is 0 Å². The molecule has 0 amide bonds. The monoisotopic (exact) mass is 1040 g/mol. The summed E-state index contributed by atoms with van der Waals surface area (Å²) in [6.07, 6.45) is 86.5. The zero-order chi connectivity index (χ0) is 54.3. The van der Waals surface area contributed by atoms with Crippen molar-refractivity contribution >= 4 is 17.9 Å². The van der Waals surface area contributed by atoms with Crippen molar-refractivity contribution in [1.82, 2.24) is 0 Å². The number of unbranched alkanes of at least 4 members (excludes halogenated alkanes) is 24. The summed E-state index contributed by atoms with van der Waals surface area (Å²) in [6.45, 7) is 6.34. The lowest BCUT2D eigenvalue weighted by atomic mass is 10.0. The molecule has 1 unspecified atom stereocenters. The Labute approximate surface area is 462 Å². The number of ether oxygens (including phenoxy) is 3. The number of carbonyl (C=O) groups excluding carboxylic acids is 3. The van der Waals surface area contributed by atoms with E-state index in [1.54, 1.807) is 0 Å². The van der Waals surface area contributed by atoms with Crippen LogP contribution in [0.15, 0.2) is 122 Å². The molecule has 0 aromatic rings. The van der Waals surface area contributed by atoms with Gasteiger partial charge in [-0.05, 0) is 122 Å². The van der Waals surface area contributed by atoms with Crippen LogP contribution in [-0.2, 0) is 28.6 Å². The predicted octanol–water partition coefficient (Wildman–Crippen LogP) is 21.2. The van der Waals surface area contributed by atoms with Crippen molar-refractivity contribution in [2.45, 2.75) is 284 Å². The first-order valence-electron chi connectivity index (χ1n) is 31.0. The number of esters is 3. The first kappa shape index (κ1) is 70.8. The third kappa shape index (κ3) is 60.6. The molecular formula is C69H114O6. The van der Waals surface area contributed by atoms with E-state index in [4.69, 9.17) is 14.2 Å². The Bertz CT molecular complexity index is 1570. The minimum Gasteiger partial charge on any atom is -0.462 e. The summed E-state index contributed by atoms with van der Waals surface area (Å²) in [4.78, 5) is 38.2. The quantitative estimate of drug-likeness (QED) is 0.0261. The van der Waals surface area contributed by atoms with Crippen molar-refractivity contribution < 1.29 is 28.6 Å². The number of allylic oxidation sites excluding steroid dienone is 20. The van der Waals surface area contributed by atoms with Gasteiger partial charge in [-0.2, -0.15) is 0 Å². The van der Waals surface area contributed by atoms with Crippen LogP contribution < -0.4 is 0 Å². The fourth-order valence-electron chi connectivity index (χ4n) is 8.35. The molecule has 0 rings (SSSR count). The second-order valence-corrected chi connectivity index (χ2v) is 20.2. The van der Waals surface area contributed by atoms with Gasteiger partial charge in [0, 0.05) is 19.3 Å². The van der Waals surface area contributed by atoms with Gasteiger partial charge < -0.3 is 14.2 Å². The van der Waals surface area contributed by atoms with Crippen LogP contribution in [0.4, 0.5) is 0 Å². The number of hydrogen-bond donors (Lipinski definition) is 0. The van der Waals surface area contributed by atoms with Crippen molar-refractivity contribution in [3.63, 3.8) is 0 Å². The van der Waals surface area contributed by atoms with Crippen molar-refractivity contribution in [1.29, 1.82) is 0 Å². The molecule has 0 aliphatic rings. The summed E-state index contributed by atoms with van der Waals surface area (Å²) < 4.78 is 16.8. The third-order valence-corrected chi connectivity index (χ3v) is 12.9. The summed E-state index contributed by atoms with van der Waals surface area (Å²) in [5.41, 5.74) is 0. The Kier molecular flexibility index (Phi) is 58.9. The van der Waals surface area contributed by atoms with E-state index < -0.39 is 6.10 Å². The van der Waals surface area contributed by atoms with Crippen LogP contribution in [0.2, 0.25) is 0 Å². The van der Waals surface area contributed by atoms with Gasteiger partial charge in [0.15, 0.2) is 6.10 Å². The highest BCUT2D eigenvalue weighted by Gasteiger charge is 2.19. The molecule has 0 aromatic heterocycles. The molecule has 1 atom stereocenters. The van der Waals surface area contributed by atoms with E-state index in [0.29, 0.717) is 25.7 Å². The molecule has 0 aromatic carbocycles. The molecule has 0 heterocycles. The van der Waals surface area contributed by atoms with Gasteiger partial charge in [-0.1, -0.05) is 258 Å². The summed E-state index contributed by atoms with van der Waals surface area (Å²) in [6, 6.07) is 0. The van der Waals surface area contributed by atoms with Gasteiger partial charge in [-0.25, -0.2) is 0 Å². The molecule has 0 aliphatic heterocycles. The zero-order valence-corrected chi connectivity index (χ0v) is 48.8. The smallest absolute Gasteiger partial charge is 0.306 e. The molecule has 0 spiro atoms. The zero-order valence-electron chi connectivity index (χ0n) is 48.8. The van der Waals surface area contributed by atoms with E-state index in [0.717, 1.165) is 96.3 Å². The lowest BCUT2D eigenvalue weighted by molar-refractivity contribution is -0.167. The molecule has 0 bridgehead atoms. The minimum absolute atomic E-state index is 0.116. The average molecular weight is 1040 g/mol. The highest BCUT2D eigenvalue weighted by atomic mass is 16.6. The van der Waals surface area contributed by atoms with Crippen molar-refractivity contribution in [3.8, 4) is 0 Å². The Morgan fingerprint density at radius 3 is 0.893 bits per heavy atom. The van der Waals surface area contributed by atoms with E-state index in [2.05, 4.69) is 142 Å². The highest BCUT2D eigenvalue weighted by molar-refractivity contribution is 5.71. The Morgan fingerprint density at radius 1 is 0.280 bits per heavy atom. The molecule has 0 saturated carbocycles. The molecule has 0 aliphatic carbocycles.